The highest BCUT2D eigenvalue weighted by Crippen LogP contribution is 2.27. The van der Waals surface area contributed by atoms with Crippen molar-refractivity contribution in [3.63, 3.8) is 0 Å². The van der Waals surface area contributed by atoms with Gasteiger partial charge in [-0.15, -0.1) is 0 Å². The Bertz CT molecular complexity index is 700. The van der Waals surface area contributed by atoms with Crippen molar-refractivity contribution in [1.29, 1.82) is 0 Å². The van der Waals surface area contributed by atoms with Gasteiger partial charge < -0.3 is 19.6 Å². The average molecular weight is 773 g/mol. The molecule has 6 heteroatoms. The Balaban J connectivity index is 1.40. The summed E-state index contributed by atoms with van der Waals surface area (Å²) in [5.41, 5.74) is 0. The van der Waals surface area contributed by atoms with Crippen molar-refractivity contribution in [2.45, 2.75) is 217 Å². The molecule has 0 saturated heterocycles. The van der Waals surface area contributed by atoms with Crippen LogP contribution in [0.25, 0.3) is 0 Å². The summed E-state index contributed by atoms with van der Waals surface area (Å²) in [5, 5.41) is 0. The standard InChI is InChI=1S/C40H76Br2N4/c1-5-7-9-11-13-19-23-27-31-43-33-35-45(37(43)3)39(41)29-25-21-17-15-16-18-22-26-30-40(42)46-36-34-44(38(46)4)32-28-24-20-14-12-10-8-6-2/h33-40H,5-32H2,1-4H3. The predicted octanol–water partition coefficient (Wildman–Crippen LogP) is 13.5. The van der Waals surface area contributed by atoms with E-state index < -0.39 is 0 Å². The van der Waals surface area contributed by atoms with E-state index in [1.54, 1.807) is 0 Å². The lowest BCUT2D eigenvalue weighted by molar-refractivity contribution is 0.156. The van der Waals surface area contributed by atoms with Crippen LogP contribution >= 0.6 is 31.9 Å². The first-order valence-electron chi connectivity index (χ1n) is 20.2. The van der Waals surface area contributed by atoms with Crippen molar-refractivity contribution < 1.29 is 0 Å². The lowest BCUT2D eigenvalue weighted by Crippen LogP contribution is -2.39. The average Bonchev–Trinajstić information content (AvgIpc) is 3.61. The smallest absolute Gasteiger partial charge is 0.0988 e. The molecule has 0 aromatic heterocycles. The van der Waals surface area contributed by atoms with Gasteiger partial charge in [0.15, 0.2) is 0 Å². The van der Waals surface area contributed by atoms with Gasteiger partial charge in [-0.2, -0.15) is 0 Å². The molecule has 0 amide bonds. The lowest BCUT2D eigenvalue weighted by Gasteiger charge is -2.33. The van der Waals surface area contributed by atoms with E-state index in [1.807, 2.05) is 0 Å². The third-order valence-electron chi connectivity index (χ3n) is 10.5. The number of hydrogen-bond donors (Lipinski definition) is 0. The summed E-state index contributed by atoms with van der Waals surface area (Å²) < 4.78 is 0. The normalized spacial score (nSPS) is 19.3. The molecule has 0 aromatic carbocycles. The Hall–Kier alpha value is -0.360. The zero-order chi connectivity index (χ0) is 33.2. The molecule has 2 rings (SSSR count). The minimum absolute atomic E-state index is 0.463. The van der Waals surface area contributed by atoms with E-state index in [2.05, 4.69) is 104 Å². The summed E-state index contributed by atoms with van der Waals surface area (Å²) in [5.74, 6) is 0. The van der Waals surface area contributed by atoms with Crippen LogP contribution in [0, 0.1) is 0 Å². The summed E-state index contributed by atoms with van der Waals surface area (Å²) in [6.45, 7) is 11.7. The minimum atomic E-state index is 0.463. The van der Waals surface area contributed by atoms with Gasteiger partial charge in [0, 0.05) is 37.9 Å². The fourth-order valence-corrected chi connectivity index (χ4v) is 8.79. The van der Waals surface area contributed by atoms with E-state index in [4.69, 9.17) is 0 Å². The maximum Gasteiger partial charge on any atom is 0.0988 e. The monoisotopic (exact) mass is 770 g/mol. The molecule has 46 heavy (non-hydrogen) atoms. The first-order chi connectivity index (χ1) is 22.5. The molecule has 0 radical (unpaired) electrons. The molecule has 2 heterocycles. The summed E-state index contributed by atoms with van der Waals surface area (Å²) >= 11 is 8.02. The van der Waals surface area contributed by atoms with E-state index in [0.29, 0.717) is 22.2 Å². The first kappa shape index (κ1) is 41.8. The molecule has 0 bridgehead atoms. The summed E-state index contributed by atoms with van der Waals surface area (Å²) in [6.07, 6.45) is 46.0. The number of rotatable bonds is 31. The van der Waals surface area contributed by atoms with Crippen LogP contribution in [0.2, 0.25) is 0 Å². The van der Waals surface area contributed by atoms with Crippen molar-refractivity contribution in [1.82, 2.24) is 19.6 Å². The Morgan fingerprint density at radius 2 is 0.696 bits per heavy atom. The molecule has 4 unspecified atom stereocenters. The molecule has 270 valence electrons. The molecule has 0 spiro atoms. The van der Waals surface area contributed by atoms with Gasteiger partial charge >= 0.3 is 0 Å². The van der Waals surface area contributed by atoms with Crippen molar-refractivity contribution >= 4 is 31.9 Å². The van der Waals surface area contributed by atoms with E-state index in [-0.39, 0.29) is 0 Å². The number of nitrogens with zero attached hydrogens (tertiary/aromatic N) is 4. The van der Waals surface area contributed by atoms with Gasteiger partial charge in [0.05, 0.1) is 22.2 Å². The molecule has 2 aliphatic heterocycles. The van der Waals surface area contributed by atoms with Gasteiger partial charge in [-0.1, -0.05) is 187 Å². The van der Waals surface area contributed by atoms with Gasteiger partial charge in [0.25, 0.3) is 0 Å². The highest BCUT2D eigenvalue weighted by molar-refractivity contribution is 9.09. The van der Waals surface area contributed by atoms with Crippen molar-refractivity contribution in [3.8, 4) is 0 Å². The Morgan fingerprint density at radius 3 is 1.02 bits per heavy atom. The van der Waals surface area contributed by atoms with Crippen molar-refractivity contribution in [2.24, 2.45) is 0 Å². The van der Waals surface area contributed by atoms with E-state index in [0.717, 1.165) is 0 Å². The van der Waals surface area contributed by atoms with E-state index in [1.165, 1.54) is 180 Å². The maximum absolute atomic E-state index is 4.01. The van der Waals surface area contributed by atoms with Crippen LogP contribution in [-0.2, 0) is 0 Å². The largest absolute Gasteiger partial charge is 0.356 e. The number of alkyl halides is 2. The molecular weight excluding hydrogens is 696 g/mol. The van der Waals surface area contributed by atoms with Gasteiger partial charge in [-0.05, 0) is 39.5 Å². The highest BCUT2D eigenvalue weighted by atomic mass is 79.9. The van der Waals surface area contributed by atoms with Crippen LogP contribution in [0.1, 0.15) is 195 Å². The fourth-order valence-electron chi connectivity index (χ4n) is 7.18. The van der Waals surface area contributed by atoms with Gasteiger partial charge in [-0.25, -0.2) is 0 Å². The molecule has 0 fully saturated rings. The molecule has 0 N–H and O–H groups in total. The number of unbranched alkanes of at least 4 members (excludes halogenated alkanes) is 21. The second kappa shape index (κ2) is 27.5. The molecule has 0 saturated carbocycles. The van der Waals surface area contributed by atoms with E-state index >= 15 is 0 Å². The minimum Gasteiger partial charge on any atom is -0.356 e. The maximum atomic E-state index is 4.01. The van der Waals surface area contributed by atoms with Crippen molar-refractivity contribution in [2.75, 3.05) is 13.1 Å². The SMILES string of the molecule is CCCCCCCCCCN1C=CN(C(Br)CCCCCCCCCCC(Br)N2C=CN(CCCCCCCCCC)C2C)C1C. The molecule has 0 aromatic rings. The topological polar surface area (TPSA) is 13.0 Å². The number of halogens is 2. The van der Waals surface area contributed by atoms with Crippen molar-refractivity contribution in [3.05, 3.63) is 24.8 Å². The first-order valence-corrected chi connectivity index (χ1v) is 22.0. The van der Waals surface area contributed by atoms with E-state index in [9.17, 15) is 0 Å². The molecule has 4 nitrogen and oxygen atoms in total. The zero-order valence-corrected chi connectivity index (χ0v) is 34.1. The Labute approximate surface area is 304 Å². The summed E-state index contributed by atoms with van der Waals surface area (Å²) in [7, 11) is 0. The number of hydrogen-bond acceptors (Lipinski definition) is 4. The van der Waals surface area contributed by atoms with Gasteiger partial charge in [0.2, 0.25) is 0 Å². The molecular formula is C40H76Br2N4. The second-order valence-electron chi connectivity index (χ2n) is 14.5. The fraction of sp³-hybridized carbons (Fsp3) is 0.900. The van der Waals surface area contributed by atoms with Crippen LogP contribution in [-0.4, -0.2) is 54.9 Å². The zero-order valence-electron chi connectivity index (χ0n) is 31.0. The van der Waals surface area contributed by atoms with Crippen LogP contribution < -0.4 is 0 Å². The Morgan fingerprint density at radius 1 is 0.413 bits per heavy atom. The molecule has 2 aliphatic rings. The lowest BCUT2D eigenvalue weighted by atomic mass is 10.1. The molecule has 4 atom stereocenters. The van der Waals surface area contributed by atoms with Crippen LogP contribution in [0.5, 0.6) is 0 Å². The van der Waals surface area contributed by atoms with Crippen LogP contribution in [0.4, 0.5) is 0 Å². The third kappa shape index (κ3) is 17.9. The molecule has 0 aliphatic carbocycles. The Kier molecular flexibility index (Phi) is 25.0. The van der Waals surface area contributed by atoms with Crippen LogP contribution in [0.3, 0.4) is 0 Å². The summed E-state index contributed by atoms with van der Waals surface area (Å²) in [4.78, 5) is 11.1. The quantitative estimate of drug-likeness (QED) is 0.0395. The van der Waals surface area contributed by atoms with Gasteiger partial charge in [-0.3, -0.25) is 0 Å². The second-order valence-corrected chi connectivity index (χ2v) is 16.6. The third-order valence-corrected chi connectivity index (χ3v) is 12.4. The predicted molar refractivity (Wildman–Crippen MR) is 211 cm³/mol. The highest BCUT2D eigenvalue weighted by Gasteiger charge is 2.27. The van der Waals surface area contributed by atoms with Crippen LogP contribution in [0.15, 0.2) is 24.8 Å². The summed E-state index contributed by atoms with van der Waals surface area (Å²) in [6, 6.07) is 0. The van der Waals surface area contributed by atoms with Gasteiger partial charge in [0.1, 0.15) is 0 Å².